The van der Waals surface area contributed by atoms with Crippen LogP contribution in [0.25, 0.3) is 0 Å². The van der Waals surface area contributed by atoms with Crippen molar-refractivity contribution >= 4 is 11.6 Å². The van der Waals surface area contributed by atoms with Gasteiger partial charge in [-0.2, -0.15) is 0 Å². The lowest BCUT2D eigenvalue weighted by molar-refractivity contribution is -0.128. The lowest BCUT2D eigenvalue weighted by Crippen LogP contribution is -2.48. The quantitative estimate of drug-likeness (QED) is 0.945. The Balaban J connectivity index is 1.94. The Hall–Kier alpha value is -2.17. The standard InChI is InChI=1S/C18H20N2O2/c1-22-17(13-7-3-2-4-8-13)18(21)20-12-15(19)11-14-9-5-6-10-16(14)20/h2-10,15,17H,11-12,19H2,1H3. The van der Waals surface area contributed by atoms with Crippen LogP contribution in [0.1, 0.15) is 17.2 Å². The second kappa shape index (κ2) is 6.30. The van der Waals surface area contributed by atoms with Gasteiger partial charge in [-0.05, 0) is 23.6 Å². The van der Waals surface area contributed by atoms with E-state index in [4.69, 9.17) is 10.5 Å². The summed E-state index contributed by atoms with van der Waals surface area (Å²) in [6.45, 7) is 0.516. The van der Waals surface area contributed by atoms with Crippen molar-refractivity contribution in [3.63, 3.8) is 0 Å². The molecule has 2 N–H and O–H groups in total. The molecule has 2 aromatic rings. The molecule has 0 radical (unpaired) electrons. The average Bonchev–Trinajstić information content (AvgIpc) is 2.55. The van der Waals surface area contributed by atoms with Crippen LogP contribution in [0.5, 0.6) is 0 Å². The number of carbonyl (C=O) groups is 1. The van der Waals surface area contributed by atoms with Crippen molar-refractivity contribution in [3.8, 4) is 0 Å². The number of ether oxygens (including phenoxy) is 1. The van der Waals surface area contributed by atoms with Crippen LogP contribution in [-0.2, 0) is 16.0 Å². The lowest BCUT2D eigenvalue weighted by atomic mass is 9.97. The highest BCUT2D eigenvalue weighted by Crippen LogP contribution is 2.30. The summed E-state index contributed by atoms with van der Waals surface area (Å²) in [6.07, 6.45) is 0.183. The molecule has 0 aliphatic carbocycles. The fourth-order valence-corrected chi connectivity index (χ4v) is 2.98. The van der Waals surface area contributed by atoms with Crippen LogP contribution in [0, 0.1) is 0 Å². The maximum Gasteiger partial charge on any atom is 0.260 e. The number of methoxy groups -OCH3 is 1. The molecule has 1 heterocycles. The van der Waals surface area contributed by atoms with Gasteiger partial charge in [0.2, 0.25) is 0 Å². The van der Waals surface area contributed by atoms with Crippen LogP contribution < -0.4 is 10.6 Å². The second-order valence-electron chi connectivity index (χ2n) is 5.57. The number of nitrogens with two attached hydrogens (primary N) is 1. The van der Waals surface area contributed by atoms with Gasteiger partial charge in [0.05, 0.1) is 0 Å². The predicted molar refractivity (Wildman–Crippen MR) is 86.7 cm³/mol. The van der Waals surface area contributed by atoms with Gasteiger partial charge in [-0.15, -0.1) is 0 Å². The first-order chi connectivity index (χ1) is 10.7. The van der Waals surface area contributed by atoms with E-state index in [9.17, 15) is 4.79 Å². The third-order valence-corrected chi connectivity index (χ3v) is 4.01. The van der Waals surface area contributed by atoms with Crippen molar-refractivity contribution in [2.24, 2.45) is 5.73 Å². The SMILES string of the molecule is COC(C(=O)N1CC(N)Cc2ccccc21)c1ccccc1. The Morgan fingerprint density at radius 2 is 1.86 bits per heavy atom. The van der Waals surface area contributed by atoms with Crippen molar-refractivity contribution in [2.45, 2.75) is 18.6 Å². The van der Waals surface area contributed by atoms with E-state index in [1.165, 1.54) is 0 Å². The monoisotopic (exact) mass is 296 g/mol. The Labute approximate surface area is 130 Å². The molecule has 0 saturated heterocycles. The number of hydrogen-bond acceptors (Lipinski definition) is 3. The van der Waals surface area contributed by atoms with E-state index in [0.29, 0.717) is 6.54 Å². The van der Waals surface area contributed by atoms with E-state index < -0.39 is 6.10 Å². The summed E-state index contributed by atoms with van der Waals surface area (Å²) in [5.74, 6) is -0.0729. The van der Waals surface area contributed by atoms with Crippen LogP contribution in [0.4, 0.5) is 5.69 Å². The minimum Gasteiger partial charge on any atom is -0.367 e. The third kappa shape index (κ3) is 2.75. The Bertz CT molecular complexity index is 657. The molecule has 2 atom stereocenters. The zero-order chi connectivity index (χ0) is 15.5. The molecule has 0 bridgehead atoms. The lowest BCUT2D eigenvalue weighted by Gasteiger charge is -2.35. The third-order valence-electron chi connectivity index (χ3n) is 4.01. The van der Waals surface area contributed by atoms with E-state index >= 15 is 0 Å². The molecule has 0 saturated carbocycles. The summed E-state index contributed by atoms with van der Waals surface area (Å²) in [6, 6.07) is 17.4. The second-order valence-corrected chi connectivity index (χ2v) is 5.57. The van der Waals surface area contributed by atoms with E-state index in [0.717, 1.165) is 23.2 Å². The molecule has 4 heteroatoms. The summed E-state index contributed by atoms with van der Waals surface area (Å²) >= 11 is 0. The van der Waals surface area contributed by atoms with Crippen LogP contribution in [-0.4, -0.2) is 25.6 Å². The number of benzene rings is 2. The molecule has 0 spiro atoms. The van der Waals surface area contributed by atoms with Gasteiger partial charge in [0.15, 0.2) is 6.10 Å². The summed E-state index contributed by atoms with van der Waals surface area (Å²) in [5, 5.41) is 0. The molecule has 0 fully saturated rings. The summed E-state index contributed by atoms with van der Waals surface area (Å²) < 4.78 is 5.47. The number of nitrogens with zero attached hydrogens (tertiary/aromatic N) is 1. The van der Waals surface area contributed by atoms with Crippen LogP contribution in [0.15, 0.2) is 54.6 Å². The van der Waals surface area contributed by atoms with Gasteiger partial charge in [-0.1, -0.05) is 48.5 Å². The number of hydrogen-bond donors (Lipinski definition) is 1. The van der Waals surface area contributed by atoms with Gasteiger partial charge < -0.3 is 15.4 Å². The first kappa shape index (κ1) is 14.8. The van der Waals surface area contributed by atoms with Gasteiger partial charge in [0, 0.05) is 25.4 Å². The molecule has 1 amide bonds. The van der Waals surface area contributed by atoms with Crippen molar-refractivity contribution in [1.82, 2.24) is 0 Å². The minimum absolute atomic E-state index is 0.0490. The van der Waals surface area contributed by atoms with Gasteiger partial charge in [-0.3, -0.25) is 4.79 Å². The van der Waals surface area contributed by atoms with Crippen molar-refractivity contribution in [3.05, 3.63) is 65.7 Å². The van der Waals surface area contributed by atoms with Crippen LogP contribution in [0.3, 0.4) is 0 Å². The first-order valence-electron chi connectivity index (χ1n) is 7.43. The zero-order valence-electron chi connectivity index (χ0n) is 12.6. The predicted octanol–water partition coefficient (Wildman–Crippen LogP) is 2.29. The number of amides is 1. The highest BCUT2D eigenvalue weighted by Gasteiger charge is 2.31. The Morgan fingerprint density at radius 1 is 1.18 bits per heavy atom. The van der Waals surface area contributed by atoms with Gasteiger partial charge in [0.25, 0.3) is 5.91 Å². The zero-order valence-corrected chi connectivity index (χ0v) is 12.6. The minimum atomic E-state index is -0.612. The number of anilines is 1. The van der Waals surface area contributed by atoms with Gasteiger partial charge in [-0.25, -0.2) is 0 Å². The fourth-order valence-electron chi connectivity index (χ4n) is 2.98. The molecular formula is C18H20N2O2. The smallest absolute Gasteiger partial charge is 0.260 e. The molecule has 2 unspecified atom stereocenters. The molecule has 0 aromatic heterocycles. The van der Waals surface area contributed by atoms with E-state index in [-0.39, 0.29) is 11.9 Å². The maximum absolute atomic E-state index is 13.0. The summed E-state index contributed by atoms with van der Waals surface area (Å²) in [5.41, 5.74) is 9.02. The maximum atomic E-state index is 13.0. The molecule has 114 valence electrons. The van der Waals surface area contributed by atoms with Gasteiger partial charge >= 0.3 is 0 Å². The molecule has 22 heavy (non-hydrogen) atoms. The average molecular weight is 296 g/mol. The highest BCUT2D eigenvalue weighted by molar-refractivity contribution is 5.98. The normalized spacial score (nSPS) is 18.6. The molecule has 2 aromatic carbocycles. The van der Waals surface area contributed by atoms with Gasteiger partial charge in [0.1, 0.15) is 0 Å². The fraction of sp³-hybridized carbons (Fsp3) is 0.278. The number of fused-ring (bicyclic) bond motifs is 1. The highest BCUT2D eigenvalue weighted by atomic mass is 16.5. The molecular weight excluding hydrogens is 276 g/mol. The number of para-hydroxylation sites is 1. The molecule has 3 rings (SSSR count). The van der Waals surface area contributed by atoms with Crippen LogP contribution >= 0.6 is 0 Å². The number of carbonyl (C=O) groups excluding carboxylic acids is 1. The van der Waals surface area contributed by atoms with Crippen molar-refractivity contribution in [2.75, 3.05) is 18.6 Å². The van der Waals surface area contributed by atoms with Crippen LogP contribution in [0.2, 0.25) is 0 Å². The number of rotatable bonds is 3. The topological polar surface area (TPSA) is 55.6 Å². The van der Waals surface area contributed by atoms with E-state index in [2.05, 4.69) is 0 Å². The largest absolute Gasteiger partial charge is 0.367 e. The Morgan fingerprint density at radius 3 is 2.59 bits per heavy atom. The summed E-state index contributed by atoms with van der Waals surface area (Å²) in [7, 11) is 1.56. The summed E-state index contributed by atoms with van der Waals surface area (Å²) in [4.78, 5) is 14.7. The molecule has 4 nitrogen and oxygen atoms in total. The Kier molecular flexibility index (Phi) is 4.22. The van der Waals surface area contributed by atoms with E-state index in [1.807, 2.05) is 54.6 Å². The van der Waals surface area contributed by atoms with Crippen molar-refractivity contribution in [1.29, 1.82) is 0 Å². The molecule has 1 aliphatic rings. The molecule has 1 aliphatic heterocycles. The van der Waals surface area contributed by atoms with E-state index in [1.54, 1.807) is 12.0 Å². The van der Waals surface area contributed by atoms with Crippen molar-refractivity contribution < 1.29 is 9.53 Å². The first-order valence-corrected chi connectivity index (χ1v) is 7.43.